The number of nitrogens with two attached hydrogens (primary N) is 1. The van der Waals surface area contributed by atoms with Gasteiger partial charge in [0.05, 0.1) is 16.5 Å². The van der Waals surface area contributed by atoms with Gasteiger partial charge in [0.15, 0.2) is 6.79 Å². The van der Waals surface area contributed by atoms with Crippen molar-refractivity contribution in [1.82, 2.24) is 0 Å². The maximum absolute atomic E-state index is 13.1. The van der Waals surface area contributed by atoms with Crippen molar-refractivity contribution in [3.63, 3.8) is 0 Å². The van der Waals surface area contributed by atoms with E-state index in [1.165, 1.54) is 13.2 Å². The van der Waals surface area contributed by atoms with Gasteiger partial charge in [0.1, 0.15) is 12.0 Å². The van der Waals surface area contributed by atoms with Crippen LogP contribution in [-0.4, -0.2) is 26.2 Å². The van der Waals surface area contributed by atoms with Crippen molar-refractivity contribution in [3.8, 4) is 5.75 Å². The molecule has 2 aromatic rings. The molecule has 152 valence electrons. The van der Waals surface area contributed by atoms with E-state index in [9.17, 15) is 18.0 Å². The lowest BCUT2D eigenvalue weighted by atomic mass is 10.1. The maximum Gasteiger partial charge on any atom is 0.416 e. The van der Waals surface area contributed by atoms with Gasteiger partial charge in [-0.15, -0.1) is 0 Å². The number of hydrogen-bond acceptors (Lipinski definition) is 5. The highest BCUT2D eigenvalue weighted by atomic mass is 35.5. The summed E-state index contributed by atoms with van der Waals surface area (Å²) >= 11 is 7.38. The first-order valence-corrected chi connectivity index (χ1v) is 9.44. The Bertz CT molecular complexity index is 817. The average molecular weight is 434 g/mol. The monoisotopic (exact) mass is 433 g/mol. The summed E-state index contributed by atoms with van der Waals surface area (Å²) in [6, 6.07) is 7.87. The van der Waals surface area contributed by atoms with Crippen LogP contribution in [0.4, 0.5) is 13.2 Å². The van der Waals surface area contributed by atoms with E-state index in [1.807, 2.05) is 0 Å². The van der Waals surface area contributed by atoms with Gasteiger partial charge < -0.3 is 20.0 Å². The van der Waals surface area contributed by atoms with Crippen LogP contribution in [0.25, 0.3) is 0 Å². The summed E-state index contributed by atoms with van der Waals surface area (Å²) in [7, 11) is 1.42. The quantitative estimate of drug-likeness (QED) is 0.447. The molecule has 2 rings (SSSR count). The summed E-state index contributed by atoms with van der Waals surface area (Å²) in [6.45, 7) is -0.0877. The molecule has 1 atom stereocenters. The third kappa shape index (κ3) is 6.41. The van der Waals surface area contributed by atoms with Gasteiger partial charge in [-0.3, -0.25) is 0 Å². The van der Waals surface area contributed by atoms with Gasteiger partial charge in [0.2, 0.25) is 0 Å². The van der Waals surface area contributed by atoms with E-state index in [1.54, 1.807) is 18.2 Å². The smallest absolute Gasteiger partial charge is 0.416 e. The number of hydrogen-bond donors (Lipinski definition) is 1. The SMILES string of the molecule is COCOc1ccc(C(F)(F)F)cc1Sc1ccc(CCC(N)C=O)c(Cl)c1. The van der Waals surface area contributed by atoms with E-state index in [0.717, 1.165) is 29.5 Å². The number of rotatable bonds is 9. The topological polar surface area (TPSA) is 61.6 Å². The van der Waals surface area contributed by atoms with Crippen molar-refractivity contribution in [3.05, 3.63) is 52.5 Å². The highest BCUT2D eigenvalue weighted by Gasteiger charge is 2.31. The molecule has 0 aliphatic rings. The van der Waals surface area contributed by atoms with E-state index in [4.69, 9.17) is 26.8 Å². The van der Waals surface area contributed by atoms with Crippen LogP contribution in [0, 0.1) is 0 Å². The molecule has 28 heavy (non-hydrogen) atoms. The second kappa shape index (κ2) is 10.2. The van der Waals surface area contributed by atoms with E-state index in [0.29, 0.717) is 33.9 Å². The van der Waals surface area contributed by atoms with Gasteiger partial charge in [-0.1, -0.05) is 29.4 Å². The number of aryl methyl sites for hydroxylation is 1. The van der Waals surface area contributed by atoms with Gasteiger partial charge in [0, 0.05) is 17.0 Å². The normalized spacial score (nSPS) is 12.6. The minimum atomic E-state index is -4.46. The first-order valence-electron chi connectivity index (χ1n) is 8.24. The second-order valence-corrected chi connectivity index (χ2v) is 7.43. The van der Waals surface area contributed by atoms with Crippen molar-refractivity contribution >= 4 is 29.6 Å². The third-order valence-electron chi connectivity index (χ3n) is 3.78. The number of methoxy groups -OCH3 is 1. The largest absolute Gasteiger partial charge is 0.466 e. The molecule has 0 aromatic heterocycles. The fraction of sp³-hybridized carbons (Fsp3) is 0.316. The highest BCUT2D eigenvalue weighted by molar-refractivity contribution is 7.99. The summed E-state index contributed by atoms with van der Waals surface area (Å²) in [4.78, 5) is 11.5. The van der Waals surface area contributed by atoms with Crippen LogP contribution in [0.1, 0.15) is 17.5 Å². The molecule has 4 nitrogen and oxygen atoms in total. The summed E-state index contributed by atoms with van der Waals surface area (Å²) in [5.41, 5.74) is 5.61. The Morgan fingerprint density at radius 1 is 1.25 bits per heavy atom. The number of carbonyl (C=O) groups is 1. The van der Waals surface area contributed by atoms with Crippen LogP contribution in [-0.2, 0) is 22.1 Å². The van der Waals surface area contributed by atoms with Crippen molar-refractivity contribution in [2.24, 2.45) is 5.73 Å². The van der Waals surface area contributed by atoms with Crippen LogP contribution in [0.5, 0.6) is 5.75 Å². The van der Waals surface area contributed by atoms with Gasteiger partial charge in [-0.25, -0.2) is 0 Å². The van der Waals surface area contributed by atoms with Crippen molar-refractivity contribution < 1.29 is 27.4 Å². The summed E-state index contributed by atoms with van der Waals surface area (Å²) in [5.74, 6) is 0.275. The van der Waals surface area contributed by atoms with E-state index in [-0.39, 0.29) is 12.5 Å². The Morgan fingerprint density at radius 3 is 2.61 bits per heavy atom. The molecule has 0 fully saturated rings. The van der Waals surface area contributed by atoms with E-state index in [2.05, 4.69) is 0 Å². The molecule has 0 saturated carbocycles. The minimum Gasteiger partial charge on any atom is -0.466 e. The summed E-state index contributed by atoms with van der Waals surface area (Å²) in [5, 5.41) is 0.453. The zero-order valence-corrected chi connectivity index (χ0v) is 16.5. The Morgan fingerprint density at radius 2 is 2.00 bits per heavy atom. The molecule has 0 saturated heterocycles. The molecular weight excluding hydrogens is 415 g/mol. The molecule has 0 heterocycles. The number of aldehydes is 1. The molecule has 0 aliphatic carbocycles. The van der Waals surface area contributed by atoms with Crippen LogP contribution in [0.3, 0.4) is 0 Å². The molecule has 0 aliphatic heterocycles. The number of alkyl halides is 3. The molecule has 9 heteroatoms. The summed E-state index contributed by atoms with van der Waals surface area (Å²) in [6.07, 6.45) is -2.81. The van der Waals surface area contributed by atoms with Gasteiger partial charge in [0.25, 0.3) is 0 Å². The Balaban J connectivity index is 2.25. The standard InChI is InChI=1S/C19H19ClF3NO3S/c1-26-11-27-17-7-4-13(19(21,22)23)8-18(17)28-15-6-3-12(16(20)9-15)2-5-14(24)10-25/h3-4,6-10,14H,2,5,11,24H2,1H3. The Kier molecular flexibility index (Phi) is 8.18. The predicted octanol–water partition coefficient (Wildman–Crippen LogP) is 4.95. The minimum absolute atomic E-state index is 0.0877. The van der Waals surface area contributed by atoms with Gasteiger partial charge >= 0.3 is 6.18 Å². The molecule has 0 amide bonds. The van der Waals surface area contributed by atoms with Gasteiger partial charge in [-0.2, -0.15) is 13.2 Å². The fourth-order valence-corrected chi connectivity index (χ4v) is 3.64. The second-order valence-electron chi connectivity index (χ2n) is 5.90. The molecular formula is C19H19ClF3NO3S. The van der Waals surface area contributed by atoms with Crippen LogP contribution in [0.15, 0.2) is 46.2 Å². The fourth-order valence-electron chi connectivity index (χ4n) is 2.32. The Hall–Kier alpha value is -1.74. The zero-order chi connectivity index (χ0) is 20.7. The lowest BCUT2D eigenvalue weighted by Crippen LogP contribution is -2.21. The van der Waals surface area contributed by atoms with Crippen LogP contribution >= 0.6 is 23.4 Å². The maximum atomic E-state index is 13.1. The van der Waals surface area contributed by atoms with Crippen molar-refractivity contribution in [2.75, 3.05) is 13.9 Å². The Labute approximate surface area is 170 Å². The van der Waals surface area contributed by atoms with Crippen molar-refractivity contribution in [1.29, 1.82) is 0 Å². The molecule has 0 bridgehead atoms. The number of ether oxygens (including phenoxy) is 2. The van der Waals surface area contributed by atoms with Gasteiger partial charge in [-0.05, 0) is 48.7 Å². The lowest BCUT2D eigenvalue weighted by molar-refractivity contribution is -0.137. The summed E-state index contributed by atoms with van der Waals surface area (Å²) < 4.78 is 49.4. The highest BCUT2D eigenvalue weighted by Crippen LogP contribution is 2.40. The predicted molar refractivity (Wildman–Crippen MR) is 102 cm³/mol. The van der Waals surface area contributed by atoms with Crippen LogP contribution < -0.4 is 10.5 Å². The third-order valence-corrected chi connectivity index (χ3v) is 5.16. The number of halogens is 4. The van der Waals surface area contributed by atoms with Crippen LogP contribution in [0.2, 0.25) is 5.02 Å². The molecule has 0 spiro atoms. The van der Waals surface area contributed by atoms with E-state index < -0.39 is 17.8 Å². The molecule has 2 N–H and O–H groups in total. The lowest BCUT2D eigenvalue weighted by Gasteiger charge is -2.14. The first-order chi connectivity index (χ1) is 13.2. The first kappa shape index (κ1) is 22.5. The van der Waals surface area contributed by atoms with E-state index >= 15 is 0 Å². The molecule has 1 unspecified atom stereocenters. The molecule has 2 aromatic carbocycles. The number of benzene rings is 2. The molecule has 0 radical (unpaired) electrons. The number of carbonyl (C=O) groups excluding carboxylic acids is 1. The average Bonchev–Trinajstić information content (AvgIpc) is 2.65. The zero-order valence-electron chi connectivity index (χ0n) is 15.0. The van der Waals surface area contributed by atoms with Crippen molar-refractivity contribution in [2.45, 2.75) is 34.9 Å².